The van der Waals surface area contributed by atoms with Crippen molar-refractivity contribution in [3.63, 3.8) is 0 Å². The van der Waals surface area contributed by atoms with Crippen LogP contribution in [0.15, 0.2) is 48.5 Å². The number of halogens is 3. The van der Waals surface area contributed by atoms with E-state index in [9.17, 15) is 4.79 Å². The molecule has 0 bridgehead atoms. The molecule has 1 heterocycles. The van der Waals surface area contributed by atoms with Gasteiger partial charge in [0.25, 0.3) is 5.91 Å². The minimum absolute atomic E-state index is 0.297. The van der Waals surface area contributed by atoms with Gasteiger partial charge in [0.05, 0.1) is 12.2 Å². The summed E-state index contributed by atoms with van der Waals surface area (Å²) in [6.45, 7) is 0.307. The maximum absolute atomic E-state index is 11.7. The molecule has 3 rings (SSSR count). The number of carbonyl (C=O) groups is 1. The van der Waals surface area contributed by atoms with E-state index in [1.165, 1.54) is 4.68 Å². The molecule has 0 spiro atoms. The summed E-state index contributed by atoms with van der Waals surface area (Å²) < 4.78 is 1.53. The summed E-state index contributed by atoms with van der Waals surface area (Å²) in [4.78, 5) is 11.7. The minimum atomic E-state index is -0.562. The average molecular weight is 381 g/mol. The second kappa shape index (κ2) is 6.85. The molecule has 1 amide bonds. The zero-order valence-corrected chi connectivity index (χ0v) is 14.6. The normalized spacial score (nSPS) is 10.8. The summed E-state index contributed by atoms with van der Waals surface area (Å²) in [7, 11) is 0. The Morgan fingerprint density at radius 3 is 2.29 bits per heavy atom. The summed E-state index contributed by atoms with van der Waals surface area (Å²) in [5, 5.41) is 6.14. The monoisotopic (exact) mass is 379 g/mol. The van der Waals surface area contributed by atoms with Gasteiger partial charge in [-0.05, 0) is 35.9 Å². The van der Waals surface area contributed by atoms with Gasteiger partial charge in [0.2, 0.25) is 0 Å². The molecule has 24 heavy (non-hydrogen) atoms. The van der Waals surface area contributed by atoms with Crippen LogP contribution in [0, 0.1) is 0 Å². The Kier molecular flexibility index (Phi) is 4.81. The predicted octanol–water partition coefficient (Wildman–Crippen LogP) is 4.66. The number of aromatic nitrogens is 2. The van der Waals surface area contributed by atoms with Crippen molar-refractivity contribution in [2.45, 2.75) is 6.54 Å². The second-order valence-corrected chi connectivity index (χ2v) is 6.46. The third-order valence-corrected chi connectivity index (χ3v) is 4.35. The molecule has 0 fully saturated rings. The molecule has 0 saturated heterocycles. The van der Waals surface area contributed by atoms with E-state index in [4.69, 9.17) is 40.5 Å². The van der Waals surface area contributed by atoms with Gasteiger partial charge in [0, 0.05) is 20.6 Å². The highest BCUT2D eigenvalue weighted by Gasteiger charge is 2.15. The highest BCUT2D eigenvalue weighted by Crippen LogP contribution is 2.25. The maximum atomic E-state index is 11.7. The lowest BCUT2D eigenvalue weighted by atomic mass is 10.1. The zero-order chi connectivity index (χ0) is 17.3. The predicted molar refractivity (Wildman–Crippen MR) is 96.8 cm³/mol. The first-order valence-electron chi connectivity index (χ1n) is 7.01. The van der Waals surface area contributed by atoms with Gasteiger partial charge < -0.3 is 5.73 Å². The van der Waals surface area contributed by atoms with E-state index in [1.807, 2.05) is 12.1 Å². The highest BCUT2D eigenvalue weighted by atomic mass is 35.5. The third kappa shape index (κ3) is 3.56. The van der Waals surface area contributed by atoms with Crippen LogP contribution < -0.4 is 5.73 Å². The molecule has 0 aliphatic carbocycles. The van der Waals surface area contributed by atoms with Crippen LogP contribution >= 0.6 is 34.8 Å². The van der Waals surface area contributed by atoms with Crippen LogP contribution in [0.1, 0.15) is 16.1 Å². The van der Waals surface area contributed by atoms with Crippen molar-refractivity contribution in [3.05, 3.63) is 74.9 Å². The molecule has 3 aromatic rings. The third-order valence-electron chi connectivity index (χ3n) is 3.51. The lowest BCUT2D eigenvalue weighted by molar-refractivity contribution is 0.0990. The Balaban J connectivity index is 2.00. The molecule has 0 radical (unpaired) electrons. The van der Waals surface area contributed by atoms with Gasteiger partial charge >= 0.3 is 0 Å². The van der Waals surface area contributed by atoms with E-state index in [-0.39, 0.29) is 0 Å². The number of hydrogen-bond donors (Lipinski definition) is 1. The van der Waals surface area contributed by atoms with Gasteiger partial charge in [0.15, 0.2) is 0 Å². The van der Waals surface area contributed by atoms with Gasteiger partial charge in [-0.3, -0.25) is 9.48 Å². The summed E-state index contributed by atoms with van der Waals surface area (Å²) in [5.41, 5.74) is 8.02. The summed E-state index contributed by atoms with van der Waals surface area (Å²) >= 11 is 18.0. The van der Waals surface area contributed by atoms with Crippen molar-refractivity contribution in [1.29, 1.82) is 0 Å². The molecule has 122 valence electrons. The lowest BCUT2D eigenvalue weighted by Crippen LogP contribution is -2.18. The molecular formula is C17H12Cl3N3O. The molecule has 1 aromatic heterocycles. The molecule has 2 aromatic carbocycles. The Morgan fingerprint density at radius 1 is 1.00 bits per heavy atom. The summed E-state index contributed by atoms with van der Waals surface area (Å²) in [6.07, 6.45) is 0. The molecular weight excluding hydrogens is 369 g/mol. The Hall–Kier alpha value is -2.01. The Morgan fingerprint density at radius 2 is 1.67 bits per heavy atom. The number of rotatable bonds is 4. The van der Waals surface area contributed by atoms with Crippen LogP contribution in [0.4, 0.5) is 0 Å². The van der Waals surface area contributed by atoms with Crippen molar-refractivity contribution in [3.8, 4) is 11.3 Å². The van der Waals surface area contributed by atoms with Crippen LogP contribution in [0.2, 0.25) is 15.1 Å². The maximum Gasteiger partial charge on any atom is 0.267 e. The minimum Gasteiger partial charge on any atom is -0.364 e. The first-order chi connectivity index (χ1) is 11.4. The number of carbonyl (C=O) groups excluding carboxylic acids is 1. The number of hydrogen-bond acceptors (Lipinski definition) is 2. The van der Waals surface area contributed by atoms with E-state index in [1.54, 1.807) is 36.4 Å². The molecule has 0 saturated carbocycles. The fourth-order valence-electron chi connectivity index (χ4n) is 2.31. The van der Waals surface area contributed by atoms with Crippen molar-refractivity contribution in [1.82, 2.24) is 9.78 Å². The second-order valence-electron chi connectivity index (χ2n) is 5.18. The summed E-state index contributed by atoms with van der Waals surface area (Å²) in [5.74, 6) is -0.562. The van der Waals surface area contributed by atoms with Gasteiger partial charge in [-0.2, -0.15) is 5.10 Å². The first kappa shape index (κ1) is 16.8. The molecule has 0 unspecified atom stereocenters. The topological polar surface area (TPSA) is 60.9 Å². The van der Waals surface area contributed by atoms with Crippen LogP contribution in [0.3, 0.4) is 0 Å². The standard InChI is InChI=1S/C17H12Cl3N3O/c18-12-4-1-10(2-5-12)15-8-16(17(21)24)23(22-15)9-11-3-6-13(19)7-14(11)20/h1-8H,9H2,(H2,21,24). The highest BCUT2D eigenvalue weighted by molar-refractivity contribution is 6.35. The number of nitrogens with zero attached hydrogens (tertiary/aromatic N) is 2. The molecule has 7 heteroatoms. The molecule has 0 aliphatic heterocycles. The van der Waals surface area contributed by atoms with E-state index in [0.717, 1.165) is 11.1 Å². The molecule has 4 nitrogen and oxygen atoms in total. The van der Waals surface area contributed by atoms with Gasteiger partial charge in [-0.25, -0.2) is 0 Å². The quantitative estimate of drug-likeness (QED) is 0.715. The van der Waals surface area contributed by atoms with E-state index in [0.29, 0.717) is 33.0 Å². The fourth-order valence-corrected chi connectivity index (χ4v) is 2.90. The van der Waals surface area contributed by atoms with Crippen molar-refractivity contribution in [2.75, 3.05) is 0 Å². The smallest absolute Gasteiger partial charge is 0.267 e. The van der Waals surface area contributed by atoms with E-state index in [2.05, 4.69) is 5.10 Å². The molecule has 0 atom stereocenters. The SMILES string of the molecule is NC(=O)c1cc(-c2ccc(Cl)cc2)nn1Cc1ccc(Cl)cc1Cl. The van der Waals surface area contributed by atoms with Gasteiger partial charge in [-0.1, -0.05) is 53.0 Å². The van der Waals surface area contributed by atoms with Crippen molar-refractivity contribution >= 4 is 40.7 Å². The Bertz CT molecular complexity index is 904. The van der Waals surface area contributed by atoms with Crippen LogP contribution in [-0.2, 0) is 6.54 Å². The van der Waals surface area contributed by atoms with Crippen LogP contribution in [-0.4, -0.2) is 15.7 Å². The molecule has 2 N–H and O–H groups in total. The van der Waals surface area contributed by atoms with Crippen molar-refractivity contribution < 1.29 is 4.79 Å². The number of benzene rings is 2. The largest absolute Gasteiger partial charge is 0.364 e. The first-order valence-corrected chi connectivity index (χ1v) is 8.15. The average Bonchev–Trinajstić information content (AvgIpc) is 2.95. The van der Waals surface area contributed by atoms with Gasteiger partial charge in [0.1, 0.15) is 5.69 Å². The fraction of sp³-hybridized carbons (Fsp3) is 0.0588. The van der Waals surface area contributed by atoms with Crippen LogP contribution in [0.25, 0.3) is 11.3 Å². The number of amides is 1. The van der Waals surface area contributed by atoms with Crippen molar-refractivity contribution in [2.24, 2.45) is 5.73 Å². The van der Waals surface area contributed by atoms with E-state index < -0.39 is 5.91 Å². The summed E-state index contributed by atoms with van der Waals surface area (Å²) in [6, 6.07) is 14.0. The van der Waals surface area contributed by atoms with E-state index >= 15 is 0 Å². The van der Waals surface area contributed by atoms with Crippen LogP contribution in [0.5, 0.6) is 0 Å². The number of nitrogens with two attached hydrogens (primary N) is 1. The molecule has 0 aliphatic rings. The zero-order valence-electron chi connectivity index (χ0n) is 12.3. The Labute approximate surface area is 153 Å². The number of primary amides is 1. The van der Waals surface area contributed by atoms with Gasteiger partial charge in [-0.15, -0.1) is 0 Å². The lowest BCUT2D eigenvalue weighted by Gasteiger charge is -2.07.